The molecule has 1 saturated carbocycles. The van der Waals surface area contributed by atoms with Gasteiger partial charge in [-0.15, -0.1) is 0 Å². The monoisotopic (exact) mass is 449 g/mol. The Morgan fingerprint density at radius 2 is 1.76 bits per heavy atom. The van der Waals surface area contributed by atoms with Crippen LogP contribution in [0.25, 0.3) is 27.7 Å². The summed E-state index contributed by atoms with van der Waals surface area (Å²) in [7, 11) is 0. The van der Waals surface area contributed by atoms with E-state index >= 15 is 0 Å². The predicted molar refractivity (Wildman–Crippen MR) is 134 cm³/mol. The fourth-order valence-electron chi connectivity index (χ4n) is 5.03. The Morgan fingerprint density at radius 3 is 2.59 bits per heavy atom. The van der Waals surface area contributed by atoms with Crippen molar-refractivity contribution in [3.8, 4) is 22.9 Å². The Bertz CT molecular complexity index is 1440. The molecule has 0 bridgehead atoms. The molecule has 170 valence electrons. The number of rotatable bonds is 5. The molecule has 34 heavy (non-hydrogen) atoms. The molecule has 0 aliphatic heterocycles. The first-order chi connectivity index (χ1) is 16.8. The molecule has 3 aromatic heterocycles. The fourth-order valence-corrected chi connectivity index (χ4v) is 5.03. The fraction of sp³-hybridized carbons (Fsp3) is 0.250. The minimum absolute atomic E-state index is 0.441. The van der Waals surface area contributed by atoms with Gasteiger partial charge in [-0.25, -0.2) is 9.97 Å². The van der Waals surface area contributed by atoms with E-state index in [4.69, 9.17) is 20.4 Å². The van der Waals surface area contributed by atoms with Gasteiger partial charge in [-0.3, -0.25) is 9.38 Å². The van der Waals surface area contributed by atoms with Crippen LogP contribution in [-0.2, 0) is 0 Å². The highest BCUT2D eigenvalue weighted by atomic mass is 16.5. The van der Waals surface area contributed by atoms with Crippen LogP contribution < -0.4 is 10.5 Å². The molecule has 1 aliphatic carbocycles. The van der Waals surface area contributed by atoms with Gasteiger partial charge < -0.3 is 10.5 Å². The predicted octanol–water partition coefficient (Wildman–Crippen LogP) is 5.97. The highest BCUT2D eigenvalue weighted by Crippen LogP contribution is 2.37. The second-order valence-electron chi connectivity index (χ2n) is 9.08. The van der Waals surface area contributed by atoms with Gasteiger partial charge in [-0.05, 0) is 62.4 Å². The maximum atomic E-state index is 5.95. The smallest absolute Gasteiger partial charge is 0.219 e. The van der Waals surface area contributed by atoms with Crippen molar-refractivity contribution in [3.05, 3.63) is 85.1 Å². The number of benzene rings is 2. The number of ether oxygens (including phenoxy) is 1. The Balaban J connectivity index is 1.38. The molecule has 6 nitrogen and oxygen atoms in total. The van der Waals surface area contributed by atoms with Gasteiger partial charge in [0.2, 0.25) is 5.88 Å². The third-order valence-corrected chi connectivity index (χ3v) is 6.92. The molecule has 5 aromatic rings. The summed E-state index contributed by atoms with van der Waals surface area (Å²) in [5.74, 6) is 3.55. The van der Waals surface area contributed by atoms with Crippen molar-refractivity contribution in [2.75, 3.05) is 6.54 Å². The van der Waals surface area contributed by atoms with Gasteiger partial charge in [0.1, 0.15) is 11.6 Å². The van der Waals surface area contributed by atoms with Crippen LogP contribution in [-0.4, -0.2) is 25.9 Å². The van der Waals surface area contributed by atoms with Gasteiger partial charge in [0, 0.05) is 35.3 Å². The van der Waals surface area contributed by atoms with E-state index in [0.29, 0.717) is 17.7 Å². The number of hydrogen-bond acceptors (Lipinski definition) is 5. The van der Waals surface area contributed by atoms with Crippen LogP contribution in [0.4, 0.5) is 0 Å². The van der Waals surface area contributed by atoms with Gasteiger partial charge >= 0.3 is 0 Å². The van der Waals surface area contributed by atoms with Crippen molar-refractivity contribution >= 4 is 16.4 Å². The molecule has 0 unspecified atom stereocenters. The lowest BCUT2D eigenvalue weighted by atomic mass is 9.81. The number of pyridine rings is 1. The van der Waals surface area contributed by atoms with Gasteiger partial charge in [0.15, 0.2) is 0 Å². The van der Waals surface area contributed by atoms with E-state index in [2.05, 4.69) is 27.6 Å². The summed E-state index contributed by atoms with van der Waals surface area (Å²) in [5.41, 5.74) is 9.79. The molecule has 1 aliphatic rings. The first kappa shape index (κ1) is 20.8. The molecule has 6 rings (SSSR count). The summed E-state index contributed by atoms with van der Waals surface area (Å²) in [5, 5.41) is 1.06. The van der Waals surface area contributed by atoms with Gasteiger partial charge in [0.25, 0.3) is 0 Å². The molecule has 0 atom stereocenters. The first-order valence-electron chi connectivity index (χ1n) is 11.9. The molecular weight excluding hydrogens is 422 g/mol. The first-order valence-corrected chi connectivity index (χ1v) is 11.9. The van der Waals surface area contributed by atoms with E-state index in [1.807, 2.05) is 61.1 Å². The molecule has 0 amide bonds. The highest BCUT2D eigenvalue weighted by molar-refractivity contribution is 5.87. The van der Waals surface area contributed by atoms with Crippen molar-refractivity contribution in [1.29, 1.82) is 0 Å². The van der Waals surface area contributed by atoms with Crippen molar-refractivity contribution in [2.45, 2.75) is 31.6 Å². The van der Waals surface area contributed by atoms with Gasteiger partial charge in [-0.2, -0.15) is 0 Å². The van der Waals surface area contributed by atoms with Crippen LogP contribution in [0.5, 0.6) is 11.6 Å². The van der Waals surface area contributed by atoms with Crippen molar-refractivity contribution < 1.29 is 4.74 Å². The standard InChI is InChI=1S/C28H27N5O/c29-17-19-6-8-21(9-7-19)28-32-27(25-18-30-14-15-33(25)28)22-11-10-20-12-13-26(31-24(20)16-22)34-23-4-2-1-3-5-23/h1-5,10-16,18-19,21H,6-9,17,29H2. The lowest BCUT2D eigenvalue weighted by Gasteiger charge is -2.26. The second kappa shape index (κ2) is 8.88. The van der Waals surface area contributed by atoms with Crippen LogP contribution >= 0.6 is 0 Å². The van der Waals surface area contributed by atoms with Crippen LogP contribution in [0.3, 0.4) is 0 Å². The van der Waals surface area contributed by atoms with Gasteiger partial charge in [0.05, 0.1) is 22.9 Å². The summed E-state index contributed by atoms with van der Waals surface area (Å²) in [4.78, 5) is 14.3. The minimum atomic E-state index is 0.441. The molecule has 6 heteroatoms. The third-order valence-electron chi connectivity index (χ3n) is 6.92. The maximum absolute atomic E-state index is 5.95. The number of nitrogens with zero attached hydrogens (tertiary/aromatic N) is 4. The van der Waals surface area contributed by atoms with Crippen LogP contribution in [0.15, 0.2) is 79.3 Å². The van der Waals surface area contributed by atoms with E-state index in [-0.39, 0.29) is 0 Å². The molecule has 0 spiro atoms. The summed E-state index contributed by atoms with van der Waals surface area (Å²) in [6, 6.07) is 20.0. The summed E-state index contributed by atoms with van der Waals surface area (Å²) in [6.45, 7) is 0.782. The zero-order chi connectivity index (χ0) is 22.9. The van der Waals surface area contributed by atoms with Crippen LogP contribution in [0.2, 0.25) is 0 Å². The second-order valence-corrected chi connectivity index (χ2v) is 9.08. The topological polar surface area (TPSA) is 78.3 Å². The third kappa shape index (κ3) is 3.90. The summed E-state index contributed by atoms with van der Waals surface area (Å²) >= 11 is 0. The highest BCUT2D eigenvalue weighted by Gasteiger charge is 2.26. The van der Waals surface area contributed by atoms with Crippen LogP contribution in [0, 0.1) is 5.92 Å². The number of para-hydroxylation sites is 1. The molecule has 0 radical (unpaired) electrons. The van der Waals surface area contributed by atoms with Crippen molar-refractivity contribution in [1.82, 2.24) is 19.4 Å². The summed E-state index contributed by atoms with van der Waals surface area (Å²) in [6.07, 6.45) is 10.4. The largest absolute Gasteiger partial charge is 0.439 e. The quantitative estimate of drug-likeness (QED) is 0.358. The Labute approximate surface area is 198 Å². The molecule has 2 aromatic carbocycles. The van der Waals surface area contributed by atoms with E-state index in [9.17, 15) is 0 Å². The van der Waals surface area contributed by atoms with Crippen LogP contribution in [0.1, 0.15) is 37.4 Å². The molecule has 3 heterocycles. The summed E-state index contributed by atoms with van der Waals surface area (Å²) < 4.78 is 8.16. The Kier molecular flexibility index (Phi) is 5.43. The number of nitrogens with two attached hydrogens (primary N) is 1. The molecule has 0 saturated heterocycles. The average Bonchev–Trinajstić information content (AvgIpc) is 3.29. The van der Waals surface area contributed by atoms with E-state index in [0.717, 1.165) is 58.6 Å². The van der Waals surface area contributed by atoms with Gasteiger partial charge in [-0.1, -0.05) is 30.3 Å². The van der Waals surface area contributed by atoms with E-state index in [1.165, 1.54) is 12.8 Å². The average molecular weight is 450 g/mol. The zero-order valence-corrected chi connectivity index (χ0v) is 19.0. The number of fused-ring (bicyclic) bond motifs is 2. The molecule has 1 fully saturated rings. The normalized spacial score (nSPS) is 18.4. The molecule has 2 N–H and O–H groups in total. The maximum Gasteiger partial charge on any atom is 0.219 e. The Hall–Kier alpha value is -3.77. The van der Waals surface area contributed by atoms with Crippen molar-refractivity contribution in [2.24, 2.45) is 11.7 Å². The van der Waals surface area contributed by atoms with E-state index in [1.54, 1.807) is 0 Å². The Morgan fingerprint density at radius 1 is 0.941 bits per heavy atom. The lowest BCUT2D eigenvalue weighted by molar-refractivity contribution is 0.325. The SMILES string of the molecule is NCC1CCC(c2nc(-c3ccc4ccc(Oc5ccccc5)nc4c3)c3cnccn23)CC1. The number of aromatic nitrogens is 4. The van der Waals surface area contributed by atoms with Crippen molar-refractivity contribution in [3.63, 3.8) is 0 Å². The minimum Gasteiger partial charge on any atom is -0.439 e. The molecular formula is C28H27N5O. The van der Waals surface area contributed by atoms with E-state index < -0.39 is 0 Å². The zero-order valence-electron chi connectivity index (χ0n) is 19.0. The lowest BCUT2D eigenvalue weighted by Crippen LogP contribution is -2.21. The number of imidazole rings is 1. The number of hydrogen-bond donors (Lipinski definition) is 1.